The lowest BCUT2D eigenvalue weighted by Gasteiger charge is -1.82. The summed E-state index contributed by atoms with van der Waals surface area (Å²) < 4.78 is 22.8. The zero-order valence-electron chi connectivity index (χ0n) is 3.53. The molecule has 0 aromatic rings. The van der Waals surface area contributed by atoms with Gasteiger partial charge in [-0.25, -0.2) is 8.78 Å². The molecule has 0 bridgehead atoms. The number of halogens is 3. The van der Waals surface area contributed by atoms with Crippen LogP contribution in [0.4, 0.5) is 8.78 Å². The Kier molecular flexibility index (Phi) is 1.59. The van der Waals surface area contributed by atoms with Crippen molar-refractivity contribution in [1.82, 2.24) is 0 Å². The van der Waals surface area contributed by atoms with Crippen LogP contribution in [0.5, 0.6) is 0 Å². The first kappa shape index (κ1) is 7.11. The van der Waals surface area contributed by atoms with Crippen molar-refractivity contribution in [3.05, 3.63) is 0 Å². The number of hydrogen-bond acceptors (Lipinski definition) is 1. The fourth-order valence-electron chi connectivity index (χ4n) is 0.234. The van der Waals surface area contributed by atoms with Gasteiger partial charge in [0.05, 0.1) is 6.04 Å². The van der Waals surface area contributed by atoms with E-state index >= 15 is 0 Å². The SMILES string of the molecule is Cl.N[C@@H]1CC1(F)F. The molecule has 7 heavy (non-hydrogen) atoms. The number of rotatable bonds is 0. The molecule has 0 radical (unpaired) electrons. The van der Waals surface area contributed by atoms with Crippen LogP contribution < -0.4 is 5.73 Å². The second-order valence-corrected chi connectivity index (χ2v) is 1.57. The minimum absolute atomic E-state index is 0. The van der Waals surface area contributed by atoms with Gasteiger partial charge >= 0.3 is 0 Å². The van der Waals surface area contributed by atoms with Gasteiger partial charge in [0.2, 0.25) is 0 Å². The lowest BCUT2D eigenvalue weighted by molar-refractivity contribution is 0.113. The molecule has 0 aliphatic heterocycles. The number of alkyl halides is 2. The van der Waals surface area contributed by atoms with E-state index in [-0.39, 0.29) is 18.8 Å². The molecule has 4 heteroatoms. The maximum absolute atomic E-state index is 11.4. The van der Waals surface area contributed by atoms with Crippen LogP contribution in [-0.2, 0) is 0 Å². The van der Waals surface area contributed by atoms with Crippen molar-refractivity contribution in [3.63, 3.8) is 0 Å². The molecular formula is C3H6ClF2N. The first-order chi connectivity index (χ1) is 2.63. The molecule has 1 aliphatic rings. The Balaban J connectivity index is 0.000000360. The molecule has 1 fully saturated rings. The smallest absolute Gasteiger partial charge is 0.264 e. The van der Waals surface area contributed by atoms with Gasteiger partial charge < -0.3 is 5.73 Å². The highest BCUT2D eigenvalue weighted by Gasteiger charge is 2.54. The maximum Gasteiger partial charge on any atom is 0.264 e. The Morgan fingerprint density at radius 3 is 1.71 bits per heavy atom. The second kappa shape index (κ2) is 1.56. The Morgan fingerprint density at radius 1 is 1.57 bits per heavy atom. The van der Waals surface area contributed by atoms with Gasteiger partial charge in [-0.1, -0.05) is 0 Å². The highest BCUT2D eigenvalue weighted by Crippen LogP contribution is 2.39. The first-order valence-corrected chi connectivity index (χ1v) is 1.76. The Labute approximate surface area is 46.3 Å². The minimum Gasteiger partial charge on any atom is -0.322 e. The van der Waals surface area contributed by atoms with Gasteiger partial charge in [0.15, 0.2) is 0 Å². The number of hydrogen-bond donors (Lipinski definition) is 1. The van der Waals surface area contributed by atoms with Crippen LogP contribution in [0, 0.1) is 0 Å². The van der Waals surface area contributed by atoms with Crippen molar-refractivity contribution in [2.45, 2.75) is 18.4 Å². The summed E-state index contributed by atoms with van der Waals surface area (Å²) in [6.07, 6.45) is -0.118. The summed E-state index contributed by atoms with van der Waals surface area (Å²) in [5, 5.41) is 0. The predicted octanol–water partition coefficient (Wildman–Crippen LogP) is 0.775. The molecule has 1 saturated carbocycles. The Morgan fingerprint density at radius 2 is 1.71 bits per heavy atom. The van der Waals surface area contributed by atoms with E-state index in [0.29, 0.717) is 0 Å². The van der Waals surface area contributed by atoms with Crippen LogP contribution >= 0.6 is 12.4 Å². The zero-order chi connectivity index (χ0) is 4.78. The quantitative estimate of drug-likeness (QED) is 0.514. The van der Waals surface area contributed by atoms with Gasteiger partial charge in [-0.15, -0.1) is 12.4 Å². The van der Waals surface area contributed by atoms with Crippen LogP contribution in [0.15, 0.2) is 0 Å². The van der Waals surface area contributed by atoms with Gasteiger partial charge in [-0.2, -0.15) is 0 Å². The molecule has 1 atom stereocenters. The largest absolute Gasteiger partial charge is 0.322 e. The van der Waals surface area contributed by atoms with E-state index in [1.807, 2.05) is 0 Å². The fraction of sp³-hybridized carbons (Fsp3) is 1.00. The molecule has 1 nitrogen and oxygen atoms in total. The molecule has 0 amide bonds. The van der Waals surface area contributed by atoms with E-state index in [9.17, 15) is 8.78 Å². The van der Waals surface area contributed by atoms with E-state index in [4.69, 9.17) is 5.73 Å². The molecule has 0 heterocycles. The fourth-order valence-corrected chi connectivity index (χ4v) is 0.234. The summed E-state index contributed by atoms with van der Waals surface area (Å²) in [5.41, 5.74) is 4.75. The minimum atomic E-state index is -2.51. The summed E-state index contributed by atoms with van der Waals surface area (Å²) in [7, 11) is 0. The third-order valence-corrected chi connectivity index (χ3v) is 0.874. The zero-order valence-corrected chi connectivity index (χ0v) is 4.34. The van der Waals surface area contributed by atoms with Crippen LogP contribution in [0.2, 0.25) is 0 Å². The standard InChI is InChI=1S/C3H5F2N.ClH/c4-3(5)1-2(3)6;/h2H,1,6H2;1H/t2-;/m1./s1. The van der Waals surface area contributed by atoms with Crippen molar-refractivity contribution in [2.75, 3.05) is 0 Å². The highest BCUT2D eigenvalue weighted by molar-refractivity contribution is 5.85. The van der Waals surface area contributed by atoms with Crippen LogP contribution in [-0.4, -0.2) is 12.0 Å². The van der Waals surface area contributed by atoms with Crippen molar-refractivity contribution in [1.29, 1.82) is 0 Å². The molecule has 1 rings (SSSR count). The summed E-state index contributed by atoms with van der Waals surface area (Å²) in [6.45, 7) is 0. The third-order valence-electron chi connectivity index (χ3n) is 0.874. The molecule has 0 unspecified atom stereocenters. The Bertz CT molecular complexity index is 75.3. The van der Waals surface area contributed by atoms with Gasteiger partial charge in [-0.05, 0) is 0 Å². The Hall–Kier alpha value is 0.110. The van der Waals surface area contributed by atoms with E-state index in [2.05, 4.69) is 0 Å². The molecule has 44 valence electrons. The van der Waals surface area contributed by atoms with Crippen molar-refractivity contribution < 1.29 is 8.78 Å². The summed E-state index contributed by atoms with van der Waals surface area (Å²) in [4.78, 5) is 0. The highest BCUT2D eigenvalue weighted by atomic mass is 35.5. The van der Waals surface area contributed by atoms with Crippen molar-refractivity contribution >= 4 is 12.4 Å². The van der Waals surface area contributed by atoms with Crippen LogP contribution in [0.1, 0.15) is 6.42 Å². The first-order valence-electron chi connectivity index (χ1n) is 1.76. The van der Waals surface area contributed by atoms with E-state index < -0.39 is 12.0 Å². The van der Waals surface area contributed by atoms with Crippen molar-refractivity contribution in [3.8, 4) is 0 Å². The summed E-state index contributed by atoms with van der Waals surface area (Å²) >= 11 is 0. The molecular weight excluding hydrogens is 123 g/mol. The van der Waals surface area contributed by atoms with Gasteiger partial charge in [0.1, 0.15) is 0 Å². The second-order valence-electron chi connectivity index (χ2n) is 1.57. The maximum atomic E-state index is 11.4. The molecule has 0 spiro atoms. The topological polar surface area (TPSA) is 26.0 Å². The van der Waals surface area contributed by atoms with Crippen molar-refractivity contribution in [2.24, 2.45) is 5.73 Å². The molecule has 0 aromatic heterocycles. The van der Waals surface area contributed by atoms with Gasteiger partial charge in [0, 0.05) is 6.42 Å². The predicted molar refractivity (Wildman–Crippen MR) is 24.8 cm³/mol. The molecule has 2 N–H and O–H groups in total. The molecule has 1 aliphatic carbocycles. The number of nitrogens with two attached hydrogens (primary N) is 1. The average molecular weight is 130 g/mol. The normalized spacial score (nSPS) is 33.9. The third kappa shape index (κ3) is 1.24. The van der Waals surface area contributed by atoms with E-state index in [1.165, 1.54) is 0 Å². The van der Waals surface area contributed by atoms with E-state index in [0.717, 1.165) is 0 Å². The summed E-state index contributed by atoms with van der Waals surface area (Å²) in [5.74, 6) is -2.51. The molecule has 0 saturated heterocycles. The monoisotopic (exact) mass is 129 g/mol. The van der Waals surface area contributed by atoms with Crippen LogP contribution in [0.3, 0.4) is 0 Å². The lowest BCUT2D eigenvalue weighted by atomic mass is 10.7. The molecule has 0 aromatic carbocycles. The summed E-state index contributed by atoms with van der Waals surface area (Å²) in [6, 6.07) is -0.836. The lowest BCUT2D eigenvalue weighted by Crippen LogP contribution is -2.08. The van der Waals surface area contributed by atoms with Gasteiger partial charge in [-0.3, -0.25) is 0 Å². The van der Waals surface area contributed by atoms with E-state index in [1.54, 1.807) is 0 Å². The average Bonchev–Trinajstić information content (AvgIpc) is 1.73. The van der Waals surface area contributed by atoms with Gasteiger partial charge in [0.25, 0.3) is 5.92 Å². The van der Waals surface area contributed by atoms with Crippen LogP contribution in [0.25, 0.3) is 0 Å².